The first-order valence-corrected chi connectivity index (χ1v) is 6.73. The molecule has 0 aliphatic heterocycles. The Morgan fingerprint density at radius 1 is 1.39 bits per heavy atom. The number of ether oxygens (including phenoxy) is 1. The molecule has 18 heavy (non-hydrogen) atoms. The quantitative estimate of drug-likeness (QED) is 0.764. The van der Waals surface area contributed by atoms with Crippen LogP contribution in [0.1, 0.15) is 25.8 Å². The lowest BCUT2D eigenvalue weighted by Gasteiger charge is -2.16. The minimum atomic E-state index is -0.485. The Hall–Kier alpha value is -0.610. The van der Waals surface area contributed by atoms with Crippen molar-refractivity contribution in [1.82, 2.24) is 5.32 Å². The van der Waals surface area contributed by atoms with E-state index in [0.717, 1.165) is 12.0 Å². The van der Waals surface area contributed by atoms with Crippen LogP contribution in [0, 0.1) is 0 Å². The average Bonchev–Trinajstić information content (AvgIpc) is 2.38. The van der Waals surface area contributed by atoms with Crippen molar-refractivity contribution in [1.29, 1.82) is 0 Å². The Kier molecular flexibility index (Phi) is 7.28. The molecule has 0 aromatic heterocycles. The number of hydrogen-bond acceptors (Lipinski definition) is 3. The van der Waals surface area contributed by atoms with Crippen molar-refractivity contribution >= 4 is 11.6 Å². The van der Waals surface area contributed by atoms with Gasteiger partial charge in [0, 0.05) is 17.6 Å². The van der Waals surface area contributed by atoms with Crippen molar-refractivity contribution in [3.8, 4) is 0 Å². The second kappa shape index (κ2) is 8.48. The molecule has 2 atom stereocenters. The number of hydrogen-bond donors (Lipinski definition) is 2. The van der Waals surface area contributed by atoms with Gasteiger partial charge in [0.25, 0.3) is 0 Å². The minimum Gasteiger partial charge on any atom is -0.389 e. The predicted molar refractivity (Wildman–Crippen MR) is 74.9 cm³/mol. The summed E-state index contributed by atoms with van der Waals surface area (Å²) in [5.74, 6) is 0. The molecule has 0 bridgehead atoms. The van der Waals surface area contributed by atoms with Crippen molar-refractivity contribution in [3.63, 3.8) is 0 Å². The predicted octanol–water partition coefficient (Wildman–Crippen LogP) is 2.61. The highest BCUT2D eigenvalue weighted by Crippen LogP contribution is 2.15. The minimum absolute atomic E-state index is 0.314. The van der Waals surface area contributed by atoms with E-state index in [0.29, 0.717) is 30.8 Å². The highest BCUT2D eigenvalue weighted by atomic mass is 35.5. The molecule has 0 radical (unpaired) electrons. The van der Waals surface area contributed by atoms with Gasteiger partial charge in [-0.05, 0) is 25.0 Å². The van der Waals surface area contributed by atoms with Crippen LogP contribution in [0.5, 0.6) is 0 Å². The molecule has 0 amide bonds. The molecule has 0 spiro atoms. The van der Waals surface area contributed by atoms with Crippen LogP contribution in [-0.4, -0.2) is 30.4 Å². The summed E-state index contributed by atoms with van der Waals surface area (Å²) in [6.07, 6.45) is 0.564. The van der Waals surface area contributed by atoms with E-state index >= 15 is 0 Å². The maximum Gasteiger partial charge on any atom is 0.0897 e. The maximum atomic E-state index is 9.72. The van der Waals surface area contributed by atoms with E-state index in [-0.39, 0.29) is 0 Å². The van der Waals surface area contributed by atoms with Crippen molar-refractivity contribution in [2.45, 2.75) is 39.0 Å². The van der Waals surface area contributed by atoms with Gasteiger partial charge in [0.15, 0.2) is 0 Å². The van der Waals surface area contributed by atoms with Gasteiger partial charge < -0.3 is 15.2 Å². The summed E-state index contributed by atoms with van der Waals surface area (Å²) < 4.78 is 5.45. The third-order valence-corrected chi connectivity index (χ3v) is 3.21. The Balaban J connectivity index is 2.19. The summed E-state index contributed by atoms with van der Waals surface area (Å²) in [6.45, 7) is 5.50. The van der Waals surface area contributed by atoms with Gasteiger partial charge in [0.2, 0.25) is 0 Å². The summed E-state index contributed by atoms with van der Waals surface area (Å²) >= 11 is 6.01. The van der Waals surface area contributed by atoms with Crippen LogP contribution in [0.15, 0.2) is 24.3 Å². The fraction of sp³-hybridized carbons (Fsp3) is 0.571. The van der Waals surface area contributed by atoms with Crippen LogP contribution in [0.2, 0.25) is 5.02 Å². The van der Waals surface area contributed by atoms with Gasteiger partial charge in [-0.2, -0.15) is 0 Å². The summed E-state index contributed by atoms with van der Waals surface area (Å²) in [7, 11) is 0. The van der Waals surface area contributed by atoms with Gasteiger partial charge in [0.05, 0.1) is 19.3 Å². The molecule has 0 saturated heterocycles. The molecular formula is C14H22ClNO2. The molecule has 1 aromatic carbocycles. The lowest BCUT2D eigenvalue weighted by molar-refractivity contribution is 0.0278. The molecule has 1 aromatic rings. The summed E-state index contributed by atoms with van der Waals surface area (Å²) in [5, 5.41) is 13.7. The van der Waals surface area contributed by atoms with E-state index in [1.54, 1.807) is 0 Å². The normalized spacial score (nSPS) is 14.4. The molecule has 4 heteroatoms. The third kappa shape index (κ3) is 5.83. The van der Waals surface area contributed by atoms with Crippen LogP contribution >= 0.6 is 11.6 Å². The Morgan fingerprint density at radius 3 is 2.78 bits per heavy atom. The zero-order chi connectivity index (χ0) is 13.4. The second-order valence-corrected chi connectivity index (χ2v) is 4.89. The number of benzene rings is 1. The number of nitrogens with one attached hydrogen (secondary N) is 1. The van der Waals surface area contributed by atoms with Crippen molar-refractivity contribution in [3.05, 3.63) is 34.9 Å². The smallest absolute Gasteiger partial charge is 0.0897 e. The molecule has 3 nitrogen and oxygen atoms in total. The highest BCUT2D eigenvalue weighted by molar-refractivity contribution is 6.31. The van der Waals surface area contributed by atoms with Crippen molar-refractivity contribution in [2.24, 2.45) is 0 Å². The van der Waals surface area contributed by atoms with E-state index in [9.17, 15) is 5.11 Å². The van der Waals surface area contributed by atoms with Crippen LogP contribution in [-0.2, 0) is 11.3 Å². The summed E-state index contributed by atoms with van der Waals surface area (Å²) in [4.78, 5) is 0. The standard InChI is InChI=1S/C14H22ClNO2/c1-3-11(2)16-8-13(17)10-18-9-12-6-4-5-7-14(12)15/h4-7,11,13,16-17H,3,8-10H2,1-2H3. The Labute approximate surface area is 114 Å². The number of aliphatic hydroxyl groups is 1. The number of rotatable bonds is 8. The molecule has 0 fully saturated rings. The van der Waals surface area contributed by atoms with E-state index in [1.807, 2.05) is 24.3 Å². The van der Waals surface area contributed by atoms with E-state index in [2.05, 4.69) is 19.2 Å². The zero-order valence-corrected chi connectivity index (χ0v) is 11.8. The number of halogens is 1. The first-order chi connectivity index (χ1) is 8.63. The molecule has 0 saturated carbocycles. The lowest BCUT2D eigenvalue weighted by atomic mass is 10.2. The van der Waals surface area contributed by atoms with Gasteiger partial charge in [-0.15, -0.1) is 0 Å². The molecular weight excluding hydrogens is 250 g/mol. The van der Waals surface area contributed by atoms with E-state index in [1.165, 1.54) is 0 Å². The highest BCUT2D eigenvalue weighted by Gasteiger charge is 2.07. The molecule has 2 unspecified atom stereocenters. The van der Waals surface area contributed by atoms with Crippen molar-refractivity contribution < 1.29 is 9.84 Å². The summed E-state index contributed by atoms with van der Waals surface area (Å²) in [5.41, 5.74) is 0.946. The average molecular weight is 272 g/mol. The largest absolute Gasteiger partial charge is 0.389 e. The first kappa shape index (κ1) is 15.4. The van der Waals surface area contributed by atoms with Gasteiger partial charge >= 0.3 is 0 Å². The van der Waals surface area contributed by atoms with Crippen LogP contribution in [0.4, 0.5) is 0 Å². The van der Waals surface area contributed by atoms with Crippen LogP contribution < -0.4 is 5.32 Å². The first-order valence-electron chi connectivity index (χ1n) is 6.36. The molecule has 0 heterocycles. The van der Waals surface area contributed by atoms with E-state index < -0.39 is 6.10 Å². The van der Waals surface area contributed by atoms with E-state index in [4.69, 9.17) is 16.3 Å². The molecule has 1 rings (SSSR count). The topological polar surface area (TPSA) is 41.5 Å². The van der Waals surface area contributed by atoms with Gasteiger partial charge in [-0.1, -0.05) is 36.7 Å². The van der Waals surface area contributed by atoms with Crippen LogP contribution in [0.25, 0.3) is 0 Å². The van der Waals surface area contributed by atoms with Gasteiger partial charge in [0.1, 0.15) is 0 Å². The Bertz CT molecular complexity index is 346. The van der Waals surface area contributed by atoms with Crippen LogP contribution in [0.3, 0.4) is 0 Å². The SMILES string of the molecule is CCC(C)NCC(O)COCc1ccccc1Cl. The fourth-order valence-corrected chi connectivity index (χ4v) is 1.65. The lowest BCUT2D eigenvalue weighted by Crippen LogP contribution is -2.35. The molecule has 0 aliphatic carbocycles. The molecule has 2 N–H and O–H groups in total. The molecule has 0 aliphatic rings. The summed E-state index contributed by atoms with van der Waals surface area (Å²) in [6, 6.07) is 7.98. The van der Waals surface area contributed by atoms with Gasteiger partial charge in [-0.25, -0.2) is 0 Å². The Morgan fingerprint density at radius 2 is 2.11 bits per heavy atom. The van der Waals surface area contributed by atoms with Gasteiger partial charge in [-0.3, -0.25) is 0 Å². The van der Waals surface area contributed by atoms with Crippen molar-refractivity contribution in [2.75, 3.05) is 13.2 Å². The zero-order valence-electron chi connectivity index (χ0n) is 11.0. The molecule has 102 valence electrons. The second-order valence-electron chi connectivity index (χ2n) is 4.48. The monoisotopic (exact) mass is 271 g/mol. The fourth-order valence-electron chi connectivity index (χ4n) is 1.46. The maximum absolute atomic E-state index is 9.72. The third-order valence-electron chi connectivity index (χ3n) is 2.84. The number of aliphatic hydroxyl groups excluding tert-OH is 1.